The standard InChI is InChI=1S/C48H29NO2/c1-2-13-37-30(9-1)10-8-16-38(37)32-11-7-12-34(25-32)49(36-23-24-47-44(28-36)40-15-4-5-17-45(40)50-47)35-22-21-31-19-20-33-26-43-39-14-3-6-18-46(39)51-48(43)29-42(33)41(31)27-35/h1-29H. The van der Waals surface area contributed by atoms with Gasteiger partial charge in [0.25, 0.3) is 0 Å². The summed E-state index contributed by atoms with van der Waals surface area (Å²) in [7, 11) is 0. The number of hydrogen-bond donors (Lipinski definition) is 0. The summed E-state index contributed by atoms with van der Waals surface area (Å²) in [5.74, 6) is 0. The average molecular weight is 652 g/mol. The molecule has 51 heavy (non-hydrogen) atoms. The average Bonchev–Trinajstić information content (AvgIpc) is 3.74. The molecule has 2 heterocycles. The maximum atomic E-state index is 6.36. The molecule has 3 nitrogen and oxygen atoms in total. The van der Waals surface area contributed by atoms with E-state index in [2.05, 4.69) is 157 Å². The number of benzene rings is 9. The number of nitrogens with zero attached hydrogens (tertiary/aromatic N) is 1. The summed E-state index contributed by atoms with van der Waals surface area (Å²) in [6, 6.07) is 62.8. The maximum absolute atomic E-state index is 6.36. The van der Waals surface area contributed by atoms with Gasteiger partial charge in [-0.1, -0.05) is 109 Å². The van der Waals surface area contributed by atoms with Crippen molar-refractivity contribution in [1.82, 2.24) is 0 Å². The molecule has 0 aliphatic carbocycles. The summed E-state index contributed by atoms with van der Waals surface area (Å²) < 4.78 is 12.6. The molecule has 11 rings (SSSR count). The van der Waals surface area contributed by atoms with Crippen molar-refractivity contribution in [1.29, 1.82) is 0 Å². The molecule has 0 aliphatic rings. The normalized spacial score (nSPS) is 11.9. The van der Waals surface area contributed by atoms with Crippen molar-refractivity contribution in [2.24, 2.45) is 0 Å². The van der Waals surface area contributed by atoms with Crippen LogP contribution in [0.15, 0.2) is 185 Å². The lowest BCUT2D eigenvalue weighted by atomic mass is 9.97. The highest BCUT2D eigenvalue weighted by Gasteiger charge is 2.18. The van der Waals surface area contributed by atoms with Crippen molar-refractivity contribution >= 4 is 93.3 Å². The lowest BCUT2D eigenvalue weighted by Crippen LogP contribution is -2.10. The molecule has 0 N–H and O–H groups in total. The van der Waals surface area contributed by atoms with Gasteiger partial charge in [-0.05, 0) is 110 Å². The fourth-order valence-corrected chi connectivity index (χ4v) is 7.99. The van der Waals surface area contributed by atoms with Crippen LogP contribution in [0.1, 0.15) is 0 Å². The summed E-state index contributed by atoms with van der Waals surface area (Å²) in [6.07, 6.45) is 0. The van der Waals surface area contributed by atoms with Crippen molar-refractivity contribution in [3.8, 4) is 11.1 Å². The number of hydrogen-bond acceptors (Lipinski definition) is 3. The Labute approximate surface area is 293 Å². The summed E-state index contributed by atoms with van der Waals surface area (Å²) in [6.45, 7) is 0. The molecule has 3 heteroatoms. The predicted octanol–water partition coefficient (Wildman–Crippen LogP) is 14.1. The van der Waals surface area contributed by atoms with E-state index in [1.54, 1.807) is 0 Å². The molecular weight excluding hydrogens is 623 g/mol. The number of furan rings is 2. The summed E-state index contributed by atoms with van der Waals surface area (Å²) >= 11 is 0. The monoisotopic (exact) mass is 651 g/mol. The first-order valence-electron chi connectivity index (χ1n) is 17.3. The Morgan fingerprint density at radius 2 is 0.843 bits per heavy atom. The minimum atomic E-state index is 0.878. The van der Waals surface area contributed by atoms with Gasteiger partial charge in [-0.15, -0.1) is 0 Å². The molecule has 0 amide bonds. The SMILES string of the molecule is c1cc(-c2cccc3ccccc23)cc(N(c2ccc3ccc4cc5c(cc4c3c2)oc2ccccc25)c2ccc3oc4ccccc4c3c2)c1. The molecule has 0 saturated carbocycles. The van der Waals surface area contributed by atoms with E-state index >= 15 is 0 Å². The molecule has 9 aromatic carbocycles. The summed E-state index contributed by atoms with van der Waals surface area (Å²) in [5, 5.41) is 11.7. The van der Waals surface area contributed by atoms with E-state index in [1.807, 2.05) is 24.3 Å². The molecule has 0 radical (unpaired) electrons. The minimum Gasteiger partial charge on any atom is -0.456 e. The van der Waals surface area contributed by atoms with Crippen LogP contribution >= 0.6 is 0 Å². The fraction of sp³-hybridized carbons (Fsp3) is 0. The zero-order valence-corrected chi connectivity index (χ0v) is 27.5. The third-order valence-corrected chi connectivity index (χ3v) is 10.4. The van der Waals surface area contributed by atoms with Crippen LogP contribution in [0, 0.1) is 0 Å². The van der Waals surface area contributed by atoms with Crippen LogP contribution in [-0.2, 0) is 0 Å². The molecular formula is C48H29NO2. The van der Waals surface area contributed by atoms with Crippen LogP contribution in [0.5, 0.6) is 0 Å². The quantitative estimate of drug-likeness (QED) is 0.177. The third-order valence-electron chi connectivity index (χ3n) is 10.4. The Bertz CT molecular complexity index is 3160. The Morgan fingerprint density at radius 3 is 1.69 bits per heavy atom. The first-order chi connectivity index (χ1) is 25.2. The minimum absolute atomic E-state index is 0.878. The molecule has 0 atom stereocenters. The predicted molar refractivity (Wildman–Crippen MR) is 214 cm³/mol. The number of fused-ring (bicyclic) bond motifs is 10. The fourth-order valence-electron chi connectivity index (χ4n) is 7.99. The van der Waals surface area contributed by atoms with Crippen LogP contribution in [0.25, 0.3) is 87.3 Å². The van der Waals surface area contributed by atoms with Gasteiger partial charge in [0, 0.05) is 38.6 Å². The zero-order valence-electron chi connectivity index (χ0n) is 27.5. The van der Waals surface area contributed by atoms with Crippen molar-refractivity contribution in [3.63, 3.8) is 0 Å². The zero-order chi connectivity index (χ0) is 33.5. The second-order valence-electron chi connectivity index (χ2n) is 13.3. The van der Waals surface area contributed by atoms with Crippen LogP contribution in [0.3, 0.4) is 0 Å². The molecule has 0 unspecified atom stereocenters. The van der Waals surface area contributed by atoms with Gasteiger partial charge in [-0.3, -0.25) is 0 Å². The Balaban J connectivity index is 1.15. The highest BCUT2D eigenvalue weighted by molar-refractivity contribution is 6.17. The van der Waals surface area contributed by atoms with E-state index in [0.29, 0.717) is 0 Å². The van der Waals surface area contributed by atoms with Gasteiger partial charge < -0.3 is 13.7 Å². The third kappa shape index (κ3) is 4.38. The molecule has 0 saturated heterocycles. The van der Waals surface area contributed by atoms with Crippen molar-refractivity contribution in [3.05, 3.63) is 176 Å². The molecule has 0 aliphatic heterocycles. The van der Waals surface area contributed by atoms with E-state index in [4.69, 9.17) is 8.83 Å². The van der Waals surface area contributed by atoms with Crippen molar-refractivity contribution < 1.29 is 8.83 Å². The highest BCUT2D eigenvalue weighted by atomic mass is 16.3. The van der Waals surface area contributed by atoms with E-state index in [0.717, 1.165) is 60.9 Å². The van der Waals surface area contributed by atoms with E-state index in [-0.39, 0.29) is 0 Å². The Hall–Kier alpha value is -6.84. The molecule has 0 fully saturated rings. The maximum Gasteiger partial charge on any atom is 0.136 e. The lowest BCUT2D eigenvalue weighted by Gasteiger charge is -2.27. The Kier molecular flexibility index (Phi) is 5.96. The lowest BCUT2D eigenvalue weighted by molar-refractivity contribution is 0.669. The largest absolute Gasteiger partial charge is 0.456 e. The Morgan fingerprint density at radius 1 is 0.294 bits per heavy atom. The van der Waals surface area contributed by atoms with E-state index in [1.165, 1.54) is 43.4 Å². The van der Waals surface area contributed by atoms with Crippen molar-refractivity contribution in [2.75, 3.05) is 4.90 Å². The van der Waals surface area contributed by atoms with Gasteiger partial charge in [-0.25, -0.2) is 0 Å². The second kappa shape index (κ2) is 10.8. The first-order valence-corrected chi connectivity index (χ1v) is 17.3. The molecule has 238 valence electrons. The summed E-state index contributed by atoms with van der Waals surface area (Å²) in [4.78, 5) is 2.37. The van der Waals surface area contributed by atoms with Gasteiger partial charge in [-0.2, -0.15) is 0 Å². The van der Waals surface area contributed by atoms with Gasteiger partial charge >= 0.3 is 0 Å². The van der Waals surface area contributed by atoms with E-state index < -0.39 is 0 Å². The van der Waals surface area contributed by atoms with Crippen molar-refractivity contribution in [2.45, 2.75) is 0 Å². The van der Waals surface area contributed by atoms with Crippen LogP contribution in [0.2, 0.25) is 0 Å². The van der Waals surface area contributed by atoms with Gasteiger partial charge in [0.2, 0.25) is 0 Å². The highest BCUT2D eigenvalue weighted by Crippen LogP contribution is 2.43. The van der Waals surface area contributed by atoms with Gasteiger partial charge in [0.05, 0.1) is 0 Å². The molecule has 0 spiro atoms. The first kappa shape index (κ1) is 28.0. The molecule has 0 bridgehead atoms. The summed E-state index contributed by atoms with van der Waals surface area (Å²) in [5.41, 5.74) is 9.17. The smallest absolute Gasteiger partial charge is 0.136 e. The van der Waals surface area contributed by atoms with E-state index in [9.17, 15) is 0 Å². The van der Waals surface area contributed by atoms with Gasteiger partial charge in [0.15, 0.2) is 0 Å². The van der Waals surface area contributed by atoms with Crippen LogP contribution in [-0.4, -0.2) is 0 Å². The van der Waals surface area contributed by atoms with Crippen LogP contribution in [0.4, 0.5) is 17.1 Å². The number of rotatable bonds is 4. The van der Waals surface area contributed by atoms with Crippen LogP contribution < -0.4 is 4.90 Å². The molecule has 2 aromatic heterocycles. The number of anilines is 3. The van der Waals surface area contributed by atoms with Gasteiger partial charge in [0.1, 0.15) is 22.3 Å². The topological polar surface area (TPSA) is 29.5 Å². The molecule has 11 aromatic rings. The number of para-hydroxylation sites is 2. The second-order valence-corrected chi connectivity index (χ2v) is 13.3.